The summed E-state index contributed by atoms with van der Waals surface area (Å²) in [5, 5.41) is 8.09. The minimum Gasteiger partial charge on any atom is -0.444 e. The highest BCUT2D eigenvalue weighted by Gasteiger charge is 2.15. The van der Waals surface area contributed by atoms with Gasteiger partial charge in [-0.25, -0.2) is 9.59 Å². The standard InChI is InChI=1S/C15H22IN3O3/c1-15(2,3)22-14(21)18-10-4-9-17-13(20)19-12-7-5-11(16)6-8-12/h5-8H,4,9-10H2,1-3H3,(H,18,21)(H2,17,19,20). The van der Waals surface area contributed by atoms with Crippen LogP contribution in [0.1, 0.15) is 27.2 Å². The molecule has 0 saturated heterocycles. The molecule has 0 heterocycles. The molecule has 0 aliphatic heterocycles. The molecule has 0 spiro atoms. The van der Waals surface area contributed by atoms with Gasteiger partial charge in [-0.3, -0.25) is 0 Å². The zero-order valence-corrected chi connectivity index (χ0v) is 15.2. The Morgan fingerprint density at radius 2 is 1.68 bits per heavy atom. The van der Waals surface area contributed by atoms with E-state index in [9.17, 15) is 9.59 Å². The smallest absolute Gasteiger partial charge is 0.407 e. The summed E-state index contributed by atoms with van der Waals surface area (Å²) < 4.78 is 6.21. The van der Waals surface area contributed by atoms with Crippen LogP contribution in [0.25, 0.3) is 0 Å². The Hall–Kier alpha value is -1.51. The van der Waals surface area contributed by atoms with Crippen LogP contribution in [0.3, 0.4) is 0 Å². The third kappa shape index (κ3) is 8.71. The zero-order valence-electron chi connectivity index (χ0n) is 13.0. The summed E-state index contributed by atoms with van der Waals surface area (Å²) in [6, 6.07) is 7.25. The lowest BCUT2D eigenvalue weighted by Crippen LogP contribution is -2.35. The molecule has 1 rings (SSSR count). The normalized spacial score (nSPS) is 10.7. The molecule has 0 aliphatic carbocycles. The second-order valence-corrected chi connectivity index (χ2v) is 6.92. The van der Waals surface area contributed by atoms with Gasteiger partial charge in [0.1, 0.15) is 5.60 Å². The number of ether oxygens (including phenoxy) is 1. The van der Waals surface area contributed by atoms with Crippen molar-refractivity contribution < 1.29 is 14.3 Å². The van der Waals surface area contributed by atoms with E-state index in [-0.39, 0.29) is 6.03 Å². The van der Waals surface area contributed by atoms with Gasteiger partial charge in [0.15, 0.2) is 0 Å². The molecule has 0 fully saturated rings. The van der Waals surface area contributed by atoms with Crippen LogP contribution in [0.4, 0.5) is 15.3 Å². The van der Waals surface area contributed by atoms with Gasteiger partial charge >= 0.3 is 12.1 Å². The Morgan fingerprint density at radius 3 is 2.27 bits per heavy atom. The van der Waals surface area contributed by atoms with E-state index >= 15 is 0 Å². The molecule has 22 heavy (non-hydrogen) atoms. The van der Waals surface area contributed by atoms with Gasteiger partial charge in [-0.15, -0.1) is 0 Å². The van der Waals surface area contributed by atoms with Crippen LogP contribution >= 0.6 is 22.6 Å². The predicted molar refractivity (Wildman–Crippen MR) is 95.0 cm³/mol. The van der Waals surface area contributed by atoms with Crippen LogP contribution in [0.5, 0.6) is 0 Å². The van der Waals surface area contributed by atoms with Crippen molar-refractivity contribution in [3.63, 3.8) is 0 Å². The summed E-state index contributed by atoms with van der Waals surface area (Å²) >= 11 is 2.20. The van der Waals surface area contributed by atoms with Gasteiger partial charge in [0.2, 0.25) is 0 Å². The quantitative estimate of drug-likeness (QED) is 0.506. The molecule has 0 aliphatic rings. The zero-order chi connectivity index (χ0) is 16.6. The molecule has 0 radical (unpaired) electrons. The lowest BCUT2D eigenvalue weighted by molar-refractivity contribution is 0.0527. The fourth-order valence-electron chi connectivity index (χ4n) is 1.50. The van der Waals surface area contributed by atoms with Crippen LogP contribution in [0, 0.1) is 3.57 Å². The molecule has 0 unspecified atom stereocenters. The van der Waals surface area contributed by atoms with Crippen LogP contribution in [0.2, 0.25) is 0 Å². The molecule has 0 saturated carbocycles. The molecular formula is C15H22IN3O3. The average Bonchev–Trinajstić information content (AvgIpc) is 2.39. The second-order valence-electron chi connectivity index (χ2n) is 5.67. The monoisotopic (exact) mass is 419 g/mol. The molecule has 3 amide bonds. The number of rotatable bonds is 5. The first-order valence-electron chi connectivity index (χ1n) is 7.03. The van der Waals surface area contributed by atoms with Gasteiger partial charge in [0.25, 0.3) is 0 Å². The lowest BCUT2D eigenvalue weighted by atomic mass is 10.2. The fourth-order valence-corrected chi connectivity index (χ4v) is 1.86. The molecule has 1 aromatic rings. The van der Waals surface area contributed by atoms with Crippen molar-refractivity contribution in [3.8, 4) is 0 Å². The van der Waals surface area contributed by atoms with E-state index in [1.54, 1.807) is 0 Å². The third-order valence-corrected chi connectivity index (χ3v) is 3.13. The number of carbonyl (C=O) groups excluding carboxylic acids is 2. The van der Waals surface area contributed by atoms with Crippen molar-refractivity contribution in [2.24, 2.45) is 0 Å². The maximum absolute atomic E-state index is 11.6. The van der Waals surface area contributed by atoms with E-state index in [0.717, 1.165) is 9.26 Å². The largest absolute Gasteiger partial charge is 0.444 e. The number of anilines is 1. The minimum absolute atomic E-state index is 0.265. The Morgan fingerprint density at radius 1 is 1.09 bits per heavy atom. The van der Waals surface area contributed by atoms with Gasteiger partial charge in [0.05, 0.1) is 0 Å². The number of benzene rings is 1. The fraction of sp³-hybridized carbons (Fsp3) is 0.467. The first-order valence-corrected chi connectivity index (χ1v) is 8.11. The van der Waals surface area contributed by atoms with Crippen LogP contribution in [-0.4, -0.2) is 30.8 Å². The number of urea groups is 1. The van der Waals surface area contributed by atoms with E-state index < -0.39 is 11.7 Å². The molecule has 3 N–H and O–H groups in total. The summed E-state index contributed by atoms with van der Waals surface area (Å²) in [6.45, 7) is 6.33. The maximum Gasteiger partial charge on any atom is 0.407 e. The molecule has 0 bridgehead atoms. The van der Waals surface area contributed by atoms with Gasteiger partial charge < -0.3 is 20.7 Å². The highest BCUT2D eigenvalue weighted by atomic mass is 127. The highest BCUT2D eigenvalue weighted by molar-refractivity contribution is 14.1. The summed E-state index contributed by atoms with van der Waals surface area (Å²) in [6.07, 6.45) is 0.176. The summed E-state index contributed by atoms with van der Waals surface area (Å²) in [4.78, 5) is 23.0. The van der Waals surface area contributed by atoms with E-state index in [2.05, 4.69) is 38.5 Å². The lowest BCUT2D eigenvalue weighted by Gasteiger charge is -2.19. The van der Waals surface area contributed by atoms with E-state index in [1.165, 1.54) is 0 Å². The summed E-state index contributed by atoms with van der Waals surface area (Å²) in [7, 11) is 0. The topological polar surface area (TPSA) is 79.5 Å². The molecule has 0 atom stereocenters. The first-order chi connectivity index (χ1) is 10.3. The van der Waals surface area contributed by atoms with Crippen molar-refractivity contribution in [1.29, 1.82) is 0 Å². The molecule has 7 heteroatoms. The van der Waals surface area contributed by atoms with Crippen molar-refractivity contribution in [3.05, 3.63) is 27.8 Å². The first kappa shape index (κ1) is 18.5. The second kappa shape index (κ2) is 8.82. The van der Waals surface area contributed by atoms with Crippen molar-refractivity contribution in [2.75, 3.05) is 18.4 Å². The maximum atomic E-state index is 11.6. The summed E-state index contributed by atoms with van der Waals surface area (Å²) in [5.74, 6) is 0. The number of carbonyl (C=O) groups is 2. The molecule has 0 aromatic heterocycles. The van der Waals surface area contributed by atoms with Crippen LogP contribution < -0.4 is 16.0 Å². The van der Waals surface area contributed by atoms with Gasteiger partial charge in [-0.2, -0.15) is 0 Å². The third-order valence-electron chi connectivity index (χ3n) is 2.41. The highest BCUT2D eigenvalue weighted by Crippen LogP contribution is 2.10. The molecule has 122 valence electrons. The van der Waals surface area contributed by atoms with Gasteiger partial charge in [0, 0.05) is 22.3 Å². The van der Waals surface area contributed by atoms with Crippen LogP contribution in [-0.2, 0) is 4.74 Å². The molecule has 6 nitrogen and oxygen atoms in total. The van der Waals surface area contributed by atoms with Crippen molar-refractivity contribution in [1.82, 2.24) is 10.6 Å². The van der Waals surface area contributed by atoms with E-state index in [4.69, 9.17) is 4.74 Å². The number of halogens is 1. The summed E-state index contributed by atoms with van der Waals surface area (Å²) in [5.41, 5.74) is 0.236. The predicted octanol–water partition coefficient (Wildman–Crippen LogP) is 3.33. The number of hydrogen-bond acceptors (Lipinski definition) is 3. The Kier molecular flexibility index (Phi) is 7.43. The Bertz CT molecular complexity index is 498. The minimum atomic E-state index is -0.504. The number of hydrogen-bond donors (Lipinski definition) is 3. The Balaban J connectivity index is 2.13. The van der Waals surface area contributed by atoms with Crippen molar-refractivity contribution >= 4 is 40.4 Å². The number of nitrogens with one attached hydrogen (secondary N) is 3. The molecule has 1 aromatic carbocycles. The van der Waals surface area contributed by atoms with Crippen molar-refractivity contribution in [2.45, 2.75) is 32.8 Å². The number of alkyl carbamates (subject to hydrolysis) is 1. The SMILES string of the molecule is CC(C)(C)OC(=O)NCCCNC(=O)Nc1ccc(I)cc1. The van der Waals surface area contributed by atoms with Gasteiger partial charge in [-0.05, 0) is 74.0 Å². The van der Waals surface area contributed by atoms with Crippen LogP contribution in [0.15, 0.2) is 24.3 Å². The average molecular weight is 419 g/mol. The Labute approximate surface area is 144 Å². The van der Waals surface area contributed by atoms with E-state index in [1.807, 2.05) is 45.0 Å². The van der Waals surface area contributed by atoms with Gasteiger partial charge in [-0.1, -0.05) is 0 Å². The number of amides is 3. The van der Waals surface area contributed by atoms with E-state index in [0.29, 0.717) is 19.5 Å². The molecular weight excluding hydrogens is 397 g/mol.